The second-order valence-corrected chi connectivity index (χ2v) is 5.74. The third-order valence-electron chi connectivity index (χ3n) is 4.15. The molecule has 0 aromatic heterocycles. The van der Waals surface area contributed by atoms with Crippen LogP contribution < -0.4 is 0 Å². The fourth-order valence-corrected chi connectivity index (χ4v) is 3.01. The van der Waals surface area contributed by atoms with E-state index in [2.05, 4.69) is 0 Å². The van der Waals surface area contributed by atoms with E-state index in [4.69, 9.17) is 0 Å². The first kappa shape index (κ1) is 16.1. The molecule has 0 aromatic rings. The Morgan fingerprint density at radius 2 is 1.58 bits per heavy atom. The first-order valence-corrected chi connectivity index (χ1v) is 7.84. The number of ketones is 1. The summed E-state index contributed by atoms with van der Waals surface area (Å²) in [6.07, 6.45) is 10.7. The van der Waals surface area contributed by atoms with Crippen LogP contribution in [0.25, 0.3) is 0 Å². The summed E-state index contributed by atoms with van der Waals surface area (Å²) in [5, 5.41) is 11.1. The lowest BCUT2D eigenvalue weighted by atomic mass is 9.86. The number of Topliss-reactive ketones (excluding diaryl/α,β-unsaturated/α-hetero) is 1. The summed E-state index contributed by atoms with van der Waals surface area (Å²) < 4.78 is 0. The zero-order valence-corrected chi connectivity index (χ0v) is 12.1. The van der Waals surface area contributed by atoms with Gasteiger partial charge in [-0.05, 0) is 19.3 Å². The van der Waals surface area contributed by atoms with Crippen molar-refractivity contribution in [1.29, 1.82) is 0 Å². The zero-order chi connectivity index (χ0) is 14.1. The van der Waals surface area contributed by atoms with Crippen molar-refractivity contribution in [1.82, 2.24) is 0 Å². The highest BCUT2D eigenvalue weighted by atomic mass is 16.6. The zero-order valence-electron chi connectivity index (χ0n) is 12.1. The first-order chi connectivity index (χ1) is 9.16. The average molecular weight is 269 g/mol. The molecule has 0 N–H and O–H groups in total. The Hall–Kier alpha value is -0.930. The van der Waals surface area contributed by atoms with Gasteiger partial charge in [0.2, 0.25) is 5.78 Å². The van der Waals surface area contributed by atoms with Gasteiger partial charge in [0, 0.05) is 17.3 Å². The lowest BCUT2D eigenvalue weighted by Crippen LogP contribution is -2.35. The third-order valence-corrected chi connectivity index (χ3v) is 4.15. The quantitative estimate of drug-likeness (QED) is 0.571. The molecule has 0 amide bonds. The van der Waals surface area contributed by atoms with Gasteiger partial charge in [-0.1, -0.05) is 51.9 Å². The van der Waals surface area contributed by atoms with Gasteiger partial charge in [-0.3, -0.25) is 14.9 Å². The fraction of sp³-hybridized carbons (Fsp3) is 0.933. The van der Waals surface area contributed by atoms with Crippen LogP contribution in [-0.2, 0) is 4.79 Å². The van der Waals surface area contributed by atoms with E-state index < -0.39 is 6.04 Å². The molecule has 0 aromatic carbocycles. The van der Waals surface area contributed by atoms with E-state index in [1.54, 1.807) is 0 Å². The Balaban J connectivity index is 2.70. The van der Waals surface area contributed by atoms with Crippen molar-refractivity contribution in [2.24, 2.45) is 5.92 Å². The first-order valence-electron chi connectivity index (χ1n) is 7.84. The molecular formula is C15H27NO3. The van der Waals surface area contributed by atoms with E-state index >= 15 is 0 Å². The summed E-state index contributed by atoms with van der Waals surface area (Å²) in [5.41, 5.74) is 0. The molecule has 1 saturated carbocycles. The second-order valence-electron chi connectivity index (χ2n) is 5.74. The Labute approximate surface area is 116 Å². The van der Waals surface area contributed by atoms with Gasteiger partial charge >= 0.3 is 0 Å². The number of rotatable bonds is 3. The SMILES string of the molecule is CCCC1CCCCCCCCCC([N+](=O)[O-])C1=O. The van der Waals surface area contributed by atoms with E-state index in [1.165, 1.54) is 12.8 Å². The van der Waals surface area contributed by atoms with Crippen LogP contribution >= 0.6 is 0 Å². The Bertz CT molecular complexity index is 291. The number of carbonyl (C=O) groups is 1. The number of nitro groups is 1. The molecule has 2 unspecified atom stereocenters. The Morgan fingerprint density at radius 3 is 2.11 bits per heavy atom. The van der Waals surface area contributed by atoms with Gasteiger partial charge in [-0.25, -0.2) is 0 Å². The van der Waals surface area contributed by atoms with Crippen LogP contribution in [0.3, 0.4) is 0 Å². The molecule has 110 valence electrons. The molecule has 0 heterocycles. The van der Waals surface area contributed by atoms with E-state index in [-0.39, 0.29) is 16.6 Å². The molecule has 0 aliphatic heterocycles. The summed E-state index contributed by atoms with van der Waals surface area (Å²) in [5.74, 6) is -0.188. The van der Waals surface area contributed by atoms with Gasteiger partial charge in [-0.2, -0.15) is 0 Å². The van der Waals surface area contributed by atoms with E-state index in [9.17, 15) is 14.9 Å². The number of hydrogen-bond donors (Lipinski definition) is 0. The fourth-order valence-electron chi connectivity index (χ4n) is 3.01. The topological polar surface area (TPSA) is 60.2 Å². The molecule has 1 aliphatic rings. The Morgan fingerprint density at radius 1 is 1.05 bits per heavy atom. The van der Waals surface area contributed by atoms with Crippen molar-refractivity contribution in [3.05, 3.63) is 10.1 Å². The summed E-state index contributed by atoms with van der Waals surface area (Å²) in [6, 6.07) is -0.948. The molecule has 4 nitrogen and oxygen atoms in total. The van der Waals surface area contributed by atoms with Crippen LogP contribution in [0.1, 0.15) is 77.6 Å². The molecule has 1 rings (SSSR count). The lowest BCUT2D eigenvalue weighted by molar-refractivity contribution is -0.509. The predicted molar refractivity (Wildman–Crippen MR) is 75.7 cm³/mol. The summed E-state index contributed by atoms with van der Waals surface area (Å²) in [6.45, 7) is 2.05. The molecule has 1 fully saturated rings. The number of carbonyl (C=O) groups excluding carboxylic acids is 1. The van der Waals surface area contributed by atoms with Crippen molar-refractivity contribution in [3.8, 4) is 0 Å². The molecule has 0 spiro atoms. The van der Waals surface area contributed by atoms with Crippen LogP contribution in [-0.4, -0.2) is 16.7 Å². The van der Waals surface area contributed by atoms with E-state index in [1.807, 2.05) is 6.92 Å². The van der Waals surface area contributed by atoms with E-state index in [0.717, 1.165) is 51.4 Å². The highest BCUT2D eigenvalue weighted by Gasteiger charge is 2.34. The normalized spacial score (nSPS) is 27.3. The van der Waals surface area contributed by atoms with Gasteiger partial charge in [0.15, 0.2) is 0 Å². The molecule has 4 heteroatoms. The second kappa shape index (κ2) is 9.05. The predicted octanol–water partition coefficient (Wildman–Crippen LogP) is 4.14. The average Bonchev–Trinajstić information content (AvgIpc) is 2.37. The van der Waals surface area contributed by atoms with Crippen LogP contribution in [0.4, 0.5) is 0 Å². The molecule has 2 atom stereocenters. The molecule has 0 radical (unpaired) electrons. The summed E-state index contributed by atoms with van der Waals surface area (Å²) in [4.78, 5) is 23.1. The monoisotopic (exact) mass is 269 g/mol. The third kappa shape index (κ3) is 5.70. The largest absolute Gasteiger partial charge is 0.292 e. The highest BCUT2D eigenvalue weighted by Crippen LogP contribution is 2.23. The van der Waals surface area contributed by atoms with Crippen LogP contribution in [0.5, 0.6) is 0 Å². The maximum Gasteiger partial charge on any atom is 0.270 e. The maximum absolute atomic E-state index is 12.4. The van der Waals surface area contributed by atoms with Crippen LogP contribution in [0, 0.1) is 16.0 Å². The van der Waals surface area contributed by atoms with Crippen molar-refractivity contribution in [2.45, 2.75) is 83.6 Å². The molecule has 0 saturated heterocycles. The van der Waals surface area contributed by atoms with Crippen molar-refractivity contribution in [2.75, 3.05) is 0 Å². The smallest absolute Gasteiger partial charge is 0.270 e. The Kier molecular flexibility index (Phi) is 7.68. The summed E-state index contributed by atoms with van der Waals surface area (Å²) in [7, 11) is 0. The van der Waals surface area contributed by atoms with E-state index in [0.29, 0.717) is 6.42 Å². The van der Waals surface area contributed by atoms with Gasteiger partial charge in [-0.15, -0.1) is 0 Å². The maximum atomic E-state index is 12.4. The van der Waals surface area contributed by atoms with Crippen molar-refractivity contribution < 1.29 is 9.72 Å². The van der Waals surface area contributed by atoms with Crippen molar-refractivity contribution >= 4 is 5.78 Å². The molecule has 19 heavy (non-hydrogen) atoms. The standard InChI is InChI=1S/C15H27NO3/c1-2-10-13-11-8-6-4-3-5-7-9-12-14(15(13)17)16(18)19/h13-14H,2-12H2,1H3. The number of nitrogens with zero attached hydrogens (tertiary/aromatic N) is 1. The highest BCUT2D eigenvalue weighted by molar-refractivity contribution is 5.85. The molecule has 1 aliphatic carbocycles. The minimum absolute atomic E-state index is 0.0835. The van der Waals surface area contributed by atoms with Gasteiger partial charge in [0.05, 0.1) is 0 Å². The minimum Gasteiger partial charge on any atom is -0.292 e. The van der Waals surface area contributed by atoms with Gasteiger partial charge in [0.25, 0.3) is 6.04 Å². The number of hydrogen-bond acceptors (Lipinski definition) is 3. The van der Waals surface area contributed by atoms with Crippen LogP contribution in [0.15, 0.2) is 0 Å². The molecule has 0 bridgehead atoms. The van der Waals surface area contributed by atoms with Crippen LogP contribution in [0.2, 0.25) is 0 Å². The molecular weight excluding hydrogens is 242 g/mol. The van der Waals surface area contributed by atoms with Gasteiger partial charge < -0.3 is 0 Å². The minimum atomic E-state index is -0.948. The van der Waals surface area contributed by atoms with Crippen molar-refractivity contribution in [3.63, 3.8) is 0 Å². The lowest BCUT2D eigenvalue weighted by Gasteiger charge is -2.18. The van der Waals surface area contributed by atoms with Gasteiger partial charge in [0.1, 0.15) is 0 Å². The summed E-state index contributed by atoms with van der Waals surface area (Å²) >= 11 is 0.